The quantitative estimate of drug-likeness (QED) is 0.748. The Morgan fingerprint density at radius 3 is 2.78 bits per heavy atom. The molecule has 0 radical (unpaired) electrons. The van der Waals surface area contributed by atoms with Gasteiger partial charge in [0.2, 0.25) is 0 Å². The SMILES string of the molecule is CCC[C@@H](O)C/C=C/I. The van der Waals surface area contributed by atoms with Crippen LogP contribution < -0.4 is 0 Å². The van der Waals surface area contributed by atoms with Gasteiger partial charge in [0.25, 0.3) is 0 Å². The number of rotatable bonds is 4. The molecule has 0 aliphatic rings. The topological polar surface area (TPSA) is 20.2 Å². The Labute approximate surface area is 70.3 Å². The molecule has 0 aromatic heterocycles. The van der Waals surface area contributed by atoms with Crippen molar-refractivity contribution in [2.24, 2.45) is 0 Å². The van der Waals surface area contributed by atoms with E-state index in [9.17, 15) is 0 Å². The smallest absolute Gasteiger partial charge is 0.0574 e. The molecule has 0 bridgehead atoms. The molecule has 1 atom stereocenters. The van der Waals surface area contributed by atoms with Crippen molar-refractivity contribution in [1.82, 2.24) is 0 Å². The van der Waals surface area contributed by atoms with Crippen molar-refractivity contribution in [2.45, 2.75) is 32.3 Å². The van der Waals surface area contributed by atoms with Crippen molar-refractivity contribution in [2.75, 3.05) is 0 Å². The summed E-state index contributed by atoms with van der Waals surface area (Å²) in [7, 11) is 0. The fourth-order valence-corrected chi connectivity index (χ4v) is 0.953. The fraction of sp³-hybridized carbons (Fsp3) is 0.714. The number of hydrogen-bond donors (Lipinski definition) is 1. The molecule has 1 nitrogen and oxygen atoms in total. The zero-order chi connectivity index (χ0) is 7.11. The second kappa shape index (κ2) is 6.55. The standard InChI is InChI=1S/C7H13IO/c1-2-4-7(9)5-3-6-8/h3,6-7,9H,2,4-5H2,1H3/b6-3+/t7-/m1/s1. The summed E-state index contributed by atoms with van der Waals surface area (Å²) < 4.78 is 1.94. The Morgan fingerprint density at radius 1 is 1.67 bits per heavy atom. The summed E-state index contributed by atoms with van der Waals surface area (Å²) in [5.41, 5.74) is 0. The highest BCUT2D eigenvalue weighted by Crippen LogP contribution is 2.02. The van der Waals surface area contributed by atoms with Crippen LogP contribution in [-0.2, 0) is 0 Å². The Morgan fingerprint density at radius 2 is 2.33 bits per heavy atom. The summed E-state index contributed by atoms with van der Waals surface area (Å²) in [5.74, 6) is 0. The maximum absolute atomic E-state index is 9.13. The van der Waals surface area contributed by atoms with Crippen molar-refractivity contribution in [3.05, 3.63) is 10.2 Å². The summed E-state index contributed by atoms with van der Waals surface area (Å²) in [6, 6.07) is 0. The molecule has 0 amide bonds. The number of hydrogen-bond acceptors (Lipinski definition) is 1. The van der Waals surface area contributed by atoms with E-state index in [0.29, 0.717) is 0 Å². The van der Waals surface area contributed by atoms with E-state index in [0.717, 1.165) is 19.3 Å². The molecule has 54 valence electrons. The highest BCUT2D eigenvalue weighted by atomic mass is 127. The van der Waals surface area contributed by atoms with Crippen LogP contribution >= 0.6 is 22.6 Å². The summed E-state index contributed by atoms with van der Waals surface area (Å²) in [5, 5.41) is 9.13. The summed E-state index contributed by atoms with van der Waals surface area (Å²) in [6.45, 7) is 2.08. The molecule has 0 aromatic rings. The van der Waals surface area contributed by atoms with Crippen LogP contribution in [0.2, 0.25) is 0 Å². The molecule has 9 heavy (non-hydrogen) atoms. The first-order chi connectivity index (χ1) is 4.31. The minimum atomic E-state index is -0.124. The molecule has 1 N–H and O–H groups in total. The van der Waals surface area contributed by atoms with E-state index in [2.05, 4.69) is 29.5 Å². The molecule has 0 aliphatic heterocycles. The van der Waals surface area contributed by atoms with Crippen molar-refractivity contribution in [1.29, 1.82) is 0 Å². The first kappa shape index (κ1) is 9.43. The van der Waals surface area contributed by atoms with Gasteiger partial charge in [0.05, 0.1) is 6.10 Å². The van der Waals surface area contributed by atoms with E-state index in [1.807, 2.05) is 10.2 Å². The largest absolute Gasteiger partial charge is 0.393 e. The Bertz CT molecular complexity index is 81.0. The maximum Gasteiger partial charge on any atom is 0.0574 e. The molecule has 0 heterocycles. The summed E-state index contributed by atoms with van der Waals surface area (Å²) in [6.07, 6.45) is 4.65. The van der Waals surface area contributed by atoms with Crippen LogP contribution in [0.25, 0.3) is 0 Å². The fourth-order valence-electron chi connectivity index (χ4n) is 0.660. The van der Waals surface area contributed by atoms with Gasteiger partial charge in [-0.05, 0) is 16.9 Å². The molecule has 0 fully saturated rings. The number of aliphatic hydroxyl groups excluding tert-OH is 1. The van der Waals surface area contributed by atoms with Gasteiger partial charge in [-0.25, -0.2) is 0 Å². The average Bonchev–Trinajstić information content (AvgIpc) is 1.85. The lowest BCUT2D eigenvalue weighted by atomic mass is 10.1. The van der Waals surface area contributed by atoms with Crippen LogP contribution in [-0.4, -0.2) is 11.2 Å². The van der Waals surface area contributed by atoms with Gasteiger partial charge in [0.15, 0.2) is 0 Å². The van der Waals surface area contributed by atoms with Crippen molar-refractivity contribution in [3.8, 4) is 0 Å². The van der Waals surface area contributed by atoms with Crippen LogP contribution in [0, 0.1) is 0 Å². The highest BCUT2D eigenvalue weighted by molar-refractivity contribution is 14.1. The lowest BCUT2D eigenvalue weighted by Gasteiger charge is -2.03. The van der Waals surface area contributed by atoms with Crippen LogP contribution in [0.5, 0.6) is 0 Å². The molecule has 0 spiro atoms. The van der Waals surface area contributed by atoms with Crippen LogP contribution in [0.1, 0.15) is 26.2 Å². The van der Waals surface area contributed by atoms with E-state index in [1.54, 1.807) is 0 Å². The molecular weight excluding hydrogens is 227 g/mol. The molecule has 0 unspecified atom stereocenters. The van der Waals surface area contributed by atoms with Crippen LogP contribution in [0.15, 0.2) is 10.2 Å². The molecule has 2 heteroatoms. The minimum Gasteiger partial charge on any atom is -0.393 e. The molecule has 0 rings (SSSR count). The predicted molar refractivity (Wildman–Crippen MR) is 48.7 cm³/mol. The lowest BCUT2D eigenvalue weighted by molar-refractivity contribution is 0.167. The third-order valence-electron chi connectivity index (χ3n) is 1.12. The van der Waals surface area contributed by atoms with Gasteiger partial charge in [-0.3, -0.25) is 0 Å². The molecular formula is C7H13IO. The van der Waals surface area contributed by atoms with Gasteiger partial charge in [0, 0.05) is 0 Å². The summed E-state index contributed by atoms with van der Waals surface area (Å²) in [4.78, 5) is 0. The zero-order valence-electron chi connectivity index (χ0n) is 5.68. The van der Waals surface area contributed by atoms with Crippen LogP contribution in [0.3, 0.4) is 0 Å². The zero-order valence-corrected chi connectivity index (χ0v) is 7.84. The Balaban J connectivity index is 3.15. The van der Waals surface area contributed by atoms with E-state index < -0.39 is 0 Å². The highest BCUT2D eigenvalue weighted by Gasteiger charge is 1.96. The van der Waals surface area contributed by atoms with Crippen LogP contribution in [0.4, 0.5) is 0 Å². The minimum absolute atomic E-state index is 0.124. The van der Waals surface area contributed by atoms with E-state index in [4.69, 9.17) is 5.11 Å². The van der Waals surface area contributed by atoms with Gasteiger partial charge in [0.1, 0.15) is 0 Å². The Hall–Kier alpha value is 0.430. The van der Waals surface area contributed by atoms with Crippen molar-refractivity contribution in [3.63, 3.8) is 0 Å². The van der Waals surface area contributed by atoms with Crippen molar-refractivity contribution < 1.29 is 5.11 Å². The lowest BCUT2D eigenvalue weighted by Crippen LogP contribution is -2.02. The molecule has 0 aromatic carbocycles. The van der Waals surface area contributed by atoms with Gasteiger partial charge in [-0.15, -0.1) is 0 Å². The molecule has 0 aliphatic carbocycles. The third kappa shape index (κ3) is 6.31. The number of halogens is 1. The number of aliphatic hydroxyl groups is 1. The van der Waals surface area contributed by atoms with Gasteiger partial charge in [-0.2, -0.15) is 0 Å². The normalized spacial score (nSPS) is 14.6. The monoisotopic (exact) mass is 240 g/mol. The predicted octanol–water partition coefficient (Wildman–Crippen LogP) is 2.49. The summed E-state index contributed by atoms with van der Waals surface area (Å²) >= 11 is 2.16. The average molecular weight is 240 g/mol. The van der Waals surface area contributed by atoms with E-state index in [-0.39, 0.29) is 6.10 Å². The maximum atomic E-state index is 9.13. The molecule has 0 saturated heterocycles. The molecule has 0 saturated carbocycles. The van der Waals surface area contributed by atoms with Gasteiger partial charge >= 0.3 is 0 Å². The van der Waals surface area contributed by atoms with E-state index >= 15 is 0 Å². The second-order valence-electron chi connectivity index (χ2n) is 2.04. The first-order valence-electron chi connectivity index (χ1n) is 3.24. The second-order valence-corrected chi connectivity index (χ2v) is 2.76. The third-order valence-corrected chi connectivity index (χ3v) is 1.63. The van der Waals surface area contributed by atoms with Gasteiger partial charge < -0.3 is 5.11 Å². The van der Waals surface area contributed by atoms with Gasteiger partial charge in [-0.1, -0.05) is 42.0 Å². The Kier molecular flexibility index (Phi) is 6.86. The van der Waals surface area contributed by atoms with E-state index in [1.165, 1.54) is 0 Å². The van der Waals surface area contributed by atoms with Crippen molar-refractivity contribution >= 4 is 22.6 Å². The first-order valence-corrected chi connectivity index (χ1v) is 4.49.